The number of nitrogens with one attached hydrogen (secondary N) is 1. The van der Waals surface area contributed by atoms with E-state index >= 15 is 0 Å². The Labute approximate surface area is 198 Å². The van der Waals surface area contributed by atoms with Crippen molar-refractivity contribution in [2.75, 3.05) is 6.54 Å². The third-order valence-electron chi connectivity index (χ3n) is 5.50. The van der Waals surface area contributed by atoms with Gasteiger partial charge in [-0.05, 0) is 32.3 Å². The fourth-order valence-corrected chi connectivity index (χ4v) is 3.56. The van der Waals surface area contributed by atoms with E-state index in [2.05, 4.69) is 77.9 Å². The van der Waals surface area contributed by atoms with Gasteiger partial charge in [0.1, 0.15) is 0 Å². The van der Waals surface area contributed by atoms with Gasteiger partial charge in [0, 0.05) is 0 Å². The molecule has 0 saturated carbocycles. The van der Waals surface area contributed by atoms with Crippen molar-refractivity contribution in [1.29, 1.82) is 0 Å². The molecule has 2 aromatic carbocycles. The summed E-state index contributed by atoms with van der Waals surface area (Å²) >= 11 is 0. The van der Waals surface area contributed by atoms with Crippen molar-refractivity contribution in [3.05, 3.63) is 76.9 Å². The zero-order valence-electron chi connectivity index (χ0n) is 17.7. The van der Waals surface area contributed by atoms with Crippen LogP contribution < -0.4 is 0 Å². The van der Waals surface area contributed by atoms with Crippen LogP contribution in [0.2, 0.25) is 0 Å². The monoisotopic (exact) mass is 453 g/mol. The molecule has 0 aliphatic heterocycles. The van der Waals surface area contributed by atoms with Crippen LogP contribution in [0.15, 0.2) is 53.1 Å². The fourth-order valence-electron chi connectivity index (χ4n) is 3.56. The second kappa shape index (κ2) is 13.5. The van der Waals surface area contributed by atoms with Crippen LogP contribution in [-0.2, 0) is 21.7 Å². The molecule has 152 valence electrons. The predicted molar refractivity (Wildman–Crippen MR) is 127 cm³/mol. The van der Waals surface area contributed by atoms with E-state index in [9.17, 15) is 0 Å². The summed E-state index contributed by atoms with van der Waals surface area (Å²) in [5.41, 5.74) is 14.9. The number of benzene rings is 2. The van der Waals surface area contributed by atoms with Crippen molar-refractivity contribution < 1.29 is 21.7 Å². The maximum absolute atomic E-state index is 6.60. The van der Waals surface area contributed by atoms with Crippen molar-refractivity contribution in [1.82, 2.24) is 0 Å². The normalized spacial score (nSPS) is 15.3. The first-order chi connectivity index (χ1) is 11.9. The minimum atomic E-state index is 0. The van der Waals surface area contributed by atoms with Gasteiger partial charge < -0.3 is 5.73 Å². The summed E-state index contributed by atoms with van der Waals surface area (Å²) in [7, 11) is 0. The molecular weight excluding hydrogens is 421 g/mol. The van der Waals surface area contributed by atoms with E-state index in [4.69, 9.17) is 5.73 Å². The first kappa shape index (κ1) is 29.5. The third kappa shape index (κ3) is 6.15. The largest absolute Gasteiger partial charge is 2.00 e. The van der Waals surface area contributed by atoms with E-state index in [1.165, 1.54) is 38.6 Å². The molecule has 4 heteroatoms. The summed E-state index contributed by atoms with van der Waals surface area (Å²) in [6.45, 7) is 16.1. The van der Waals surface area contributed by atoms with Crippen molar-refractivity contribution in [3.8, 4) is 0 Å². The van der Waals surface area contributed by atoms with Crippen molar-refractivity contribution in [2.45, 2.75) is 47.5 Å². The maximum atomic E-state index is 6.60. The van der Waals surface area contributed by atoms with Gasteiger partial charge in [-0.2, -0.15) is 19.0 Å². The standard InChI is InChI=1S/C20H21.C4H10N.2ClH.Ti/c1-12-13(2)15(4)20(14(12)3)19-11-10-17-8-6-7-9-18(17)16(19)5;1-2-3-4-5;;;/h6-11,14H,5H2,1-4H3;5H,2-4H2,1H3;2*1H;/q2*-1;;;+2. The zero-order valence-corrected chi connectivity index (χ0v) is 20.9. The van der Waals surface area contributed by atoms with E-state index < -0.39 is 0 Å². The SMILES string of the molecule is CCCC[NH-].Cl.Cl.[CH2-]c1c(C2=C(C)C(C)=C(C)C2C)ccc2ccccc12.[Ti+2]. The molecule has 0 spiro atoms. The van der Waals surface area contributed by atoms with Crippen LogP contribution in [0, 0.1) is 12.8 Å². The third-order valence-corrected chi connectivity index (χ3v) is 5.50. The Balaban J connectivity index is 0. The number of unbranched alkanes of at least 4 members (excludes halogenated alkanes) is 1. The Morgan fingerprint density at radius 1 is 0.964 bits per heavy atom. The van der Waals surface area contributed by atoms with Gasteiger partial charge in [0.05, 0.1) is 0 Å². The second-order valence-electron chi connectivity index (χ2n) is 6.98. The van der Waals surface area contributed by atoms with Crippen LogP contribution in [0.25, 0.3) is 22.1 Å². The maximum Gasteiger partial charge on any atom is 2.00 e. The Morgan fingerprint density at radius 3 is 2.04 bits per heavy atom. The quantitative estimate of drug-likeness (QED) is 0.328. The molecule has 2 aromatic rings. The van der Waals surface area contributed by atoms with Gasteiger partial charge in [-0.3, -0.25) is 0 Å². The molecule has 0 heterocycles. The van der Waals surface area contributed by atoms with Crippen molar-refractivity contribution in [3.63, 3.8) is 0 Å². The summed E-state index contributed by atoms with van der Waals surface area (Å²) in [5.74, 6) is 0.497. The molecule has 0 radical (unpaired) electrons. The second-order valence-corrected chi connectivity index (χ2v) is 6.98. The van der Waals surface area contributed by atoms with Gasteiger partial charge in [0.15, 0.2) is 0 Å². The number of rotatable bonds is 3. The average molecular weight is 454 g/mol. The number of allylic oxidation sites excluding steroid dienone is 4. The number of halogens is 2. The molecule has 1 nitrogen and oxygen atoms in total. The minimum Gasteiger partial charge on any atom is -0.677 e. The predicted octanol–water partition coefficient (Wildman–Crippen LogP) is 8.46. The summed E-state index contributed by atoms with van der Waals surface area (Å²) in [6, 6.07) is 13.0. The molecule has 0 bridgehead atoms. The molecular formula is C24H33Cl2NTi. The first-order valence-electron chi connectivity index (χ1n) is 9.31. The average Bonchev–Trinajstić information content (AvgIpc) is 2.81. The van der Waals surface area contributed by atoms with Crippen LogP contribution in [0.5, 0.6) is 0 Å². The first-order valence-corrected chi connectivity index (χ1v) is 9.31. The Morgan fingerprint density at radius 2 is 1.57 bits per heavy atom. The van der Waals surface area contributed by atoms with Crippen molar-refractivity contribution >= 4 is 41.2 Å². The van der Waals surface area contributed by atoms with Gasteiger partial charge in [0.25, 0.3) is 0 Å². The number of hydrogen-bond donors (Lipinski definition) is 0. The van der Waals surface area contributed by atoms with Crippen molar-refractivity contribution in [2.24, 2.45) is 5.92 Å². The number of fused-ring (bicyclic) bond motifs is 1. The topological polar surface area (TPSA) is 23.8 Å². The Hall–Kier alpha value is -0.696. The molecule has 1 aliphatic rings. The fraction of sp³-hybridized carbons (Fsp3) is 0.375. The molecule has 0 fully saturated rings. The van der Waals surface area contributed by atoms with Gasteiger partial charge in [0.2, 0.25) is 0 Å². The molecule has 28 heavy (non-hydrogen) atoms. The van der Waals surface area contributed by atoms with E-state index in [1.54, 1.807) is 0 Å². The molecule has 1 aliphatic carbocycles. The van der Waals surface area contributed by atoms with E-state index in [0.717, 1.165) is 18.4 Å². The Bertz CT molecular complexity index is 822. The number of hydrogen-bond acceptors (Lipinski definition) is 0. The smallest absolute Gasteiger partial charge is 0.677 e. The van der Waals surface area contributed by atoms with Crippen LogP contribution in [0.1, 0.15) is 58.6 Å². The molecule has 0 saturated heterocycles. The summed E-state index contributed by atoms with van der Waals surface area (Å²) < 4.78 is 0. The molecule has 1 atom stereocenters. The van der Waals surface area contributed by atoms with Gasteiger partial charge in [-0.1, -0.05) is 73.1 Å². The van der Waals surface area contributed by atoms with Gasteiger partial charge >= 0.3 is 21.7 Å². The van der Waals surface area contributed by atoms with E-state index in [-0.39, 0.29) is 46.5 Å². The van der Waals surface area contributed by atoms with Gasteiger partial charge in [-0.15, -0.1) is 47.9 Å². The van der Waals surface area contributed by atoms with Crippen LogP contribution in [0.3, 0.4) is 0 Å². The van der Waals surface area contributed by atoms with Gasteiger partial charge in [-0.25, -0.2) is 0 Å². The minimum absolute atomic E-state index is 0. The summed E-state index contributed by atoms with van der Waals surface area (Å²) in [4.78, 5) is 0. The molecule has 3 rings (SSSR count). The molecule has 0 amide bonds. The van der Waals surface area contributed by atoms with Crippen LogP contribution in [0.4, 0.5) is 0 Å². The summed E-state index contributed by atoms with van der Waals surface area (Å²) in [5, 5.41) is 2.53. The van der Waals surface area contributed by atoms with Crippen LogP contribution in [-0.4, -0.2) is 6.54 Å². The molecule has 1 N–H and O–H groups in total. The van der Waals surface area contributed by atoms with Crippen LogP contribution >= 0.6 is 24.8 Å². The zero-order chi connectivity index (χ0) is 18.6. The van der Waals surface area contributed by atoms with E-state index in [0.29, 0.717) is 12.5 Å². The summed E-state index contributed by atoms with van der Waals surface area (Å²) in [6.07, 6.45) is 2.21. The molecule has 1 unspecified atom stereocenters. The van der Waals surface area contributed by atoms with E-state index in [1.807, 2.05) is 0 Å². The molecule has 0 aromatic heterocycles. The Kier molecular flexibility index (Phi) is 14.2.